The second kappa shape index (κ2) is 9.81. The first-order valence-corrected chi connectivity index (χ1v) is 15.5. The van der Waals surface area contributed by atoms with Crippen molar-refractivity contribution in [3.05, 3.63) is 47.6 Å². The van der Waals surface area contributed by atoms with Crippen molar-refractivity contribution in [3.8, 4) is 11.1 Å². The maximum absolute atomic E-state index is 14.9. The van der Waals surface area contributed by atoms with Crippen LogP contribution in [0.1, 0.15) is 25.0 Å². The van der Waals surface area contributed by atoms with Crippen LogP contribution in [0.5, 0.6) is 0 Å². The van der Waals surface area contributed by atoms with E-state index in [9.17, 15) is 18.0 Å². The van der Waals surface area contributed by atoms with E-state index >= 15 is 0 Å². The minimum Gasteiger partial charge on any atom is -0.375 e. The van der Waals surface area contributed by atoms with Gasteiger partial charge in [-0.05, 0) is 18.1 Å². The quantitative estimate of drug-likeness (QED) is 0.363. The molecule has 7 nitrogen and oxygen atoms in total. The van der Waals surface area contributed by atoms with Gasteiger partial charge >= 0.3 is 6.18 Å². The number of nitrogens with two attached hydrogens (primary N) is 1. The zero-order chi connectivity index (χ0) is 28.5. The van der Waals surface area contributed by atoms with E-state index in [4.69, 9.17) is 10.7 Å². The van der Waals surface area contributed by atoms with Crippen LogP contribution in [-0.4, -0.2) is 64.5 Å². The van der Waals surface area contributed by atoms with Gasteiger partial charge in [-0.2, -0.15) is 13.2 Å². The minimum atomic E-state index is -4.62. The summed E-state index contributed by atoms with van der Waals surface area (Å²) in [6, 6.07) is 1.26. The number of carbonyl (C=O) groups is 1. The summed E-state index contributed by atoms with van der Waals surface area (Å²) in [5.41, 5.74) is 7.45. The van der Waals surface area contributed by atoms with Gasteiger partial charge in [0.05, 0.1) is 11.3 Å². The van der Waals surface area contributed by atoms with Crippen molar-refractivity contribution in [2.75, 3.05) is 42.6 Å². The molecule has 2 aromatic heterocycles. The normalized spacial score (nSPS) is 19.4. The zero-order valence-electron chi connectivity index (χ0n) is 21.9. The van der Waals surface area contributed by atoms with E-state index in [-0.39, 0.29) is 23.4 Å². The largest absolute Gasteiger partial charge is 0.417 e. The molecule has 0 spiro atoms. The Morgan fingerprint density at radius 2 is 1.95 bits per heavy atom. The number of benzene rings is 1. The number of alkyl halides is 3. The van der Waals surface area contributed by atoms with Crippen molar-refractivity contribution in [2.45, 2.75) is 31.0 Å². The summed E-state index contributed by atoms with van der Waals surface area (Å²) in [4.78, 5) is 27.6. The predicted octanol–water partition coefficient (Wildman–Crippen LogP) is 6.12. The van der Waals surface area contributed by atoms with Gasteiger partial charge < -0.3 is 20.4 Å². The summed E-state index contributed by atoms with van der Waals surface area (Å²) in [6.07, 6.45) is -3.34. The number of anilines is 2. The Labute approximate surface area is 241 Å². The molecule has 0 bridgehead atoms. The van der Waals surface area contributed by atoms with Crippen molar-refractivity contribution in [1.29, 1.82) is 0 Å². The van der Waals surface area contributed by atoms with Gasteiger partial charge in [0.1, 0.15) is 21.2 Å². The Kier molecular flexibility index (Phi) is 6.66. The van der Waals surface area contributed by atoms with Crippen molar-refractivity contribution >= 4 is 66.5 Å². The first-order chi connectivity index (χ1) is 19.0. The number of aliphatic imine (C=N–C) groups is 1. The Morgan fingerprint density at radius 1 is 1.23 bits per heavy atom. The molecule has 0 radical (unpaired) electrons. The number of carbonyl (C=O) groups excluding carboxylic acids is 1. The van der Waals surface area contributed by atoms with Crippen LogP contribution in [0.25, 0.3) is 20.7 Å². The fraction of sp³-hybridized carbons (Fsp3) is 0.370. The van der Waals surface area contributed by atoms with Crippen LogP contribution < -0.4 is 10.6 Å². The average Bonchev–Trinajstić information content (AvgIpc) is 3.48. The van der Waals surface area contributed by atoms with Crippen LogP contribution in [0.4, 0.5) is 24.0 Å². The van der Waals surface area contributed by atoms with E-state index < -0.39 is 11.7 Å². The summed E-state index contributed by atoms with van der Waals surface area (Å²) < 4.78 is 45.5. The van der Waals surface area contributed by atoms with Crippen LogP contribution in [0.2, 0.25) is 0 Å². The summed E-state index contributed by atoms with van der Waals surface area (Å²) in [7, 11) is 0. The zero-order valence-corrected chi connectivity index (χ0v) is 24.4. The van der Waals surface area contributed by atoms with E-state index in [1.807, 2.05) is 9.80 Å². The van der Waals surface area contributed by atoms with Crippen molar-refractivity contribution in [2.24, 2.45) is 10.9 Å². The van der Waals surface area contributed by atoms with Gasteiger partial charge in [-0.15, -0.1) is 23.1 Å². The molecule has 0 aliphatic carbocycles. The number of halogens is 3. The number of aromatic nitrogens is 1. The van der Waals surface area contributed by atoms with Gasteiger partial charge in [-0.1, -0.05) is 38.3 Å². The Morgan fingerprint density at radius 3 is 2.60 bits per heavy atom. The molecule has 5 heterocycles. The molecule has 1 aromatic carbocycles. The van der Waals surface area contributed by atoms with Gasteiger partial charge in [0.25, 0.3) is 0 Å². The average molecular weight is 605 g/mol. The van der Waals surface area contributed by atoms with Gasteiger partial charge in [0, 0.05) is 64.9 Å². The molecule has 210 valence electrons. The van der Waals surface area contributed by atoms with E-state index in [1.54, 1.807) is 10.3 Å². The van der Waals surface area contributed by atoms with Crippen LogP contribution in [0.15, 0.2) is 46.4 Å². The van der Waals surface area contributed by atoms with E-state index in [0.29, 0.717) is 75.9 Å². The van der Waals surface area contributed by atoms with Crippen LogP contribution >= 0.6 is 34.4 Å². The topological polar surface area (TPSA) is 78.1 Å². The van der Waals surface area contributed by atoms with Crippen molar-refractivity contribution in [3.63, 3.8) is 0 Å². The van der Waals surface area contributed by atoms with Gasteiger partial charge in [0.15, 0.2) is 5.13 Å². The van der Waals surface area contributed by atoms with Crippen LogP contribution in [0, 0.1) is 5.92 Å². The lowest BCUT2D eigenvalue weighted by Gasteiger charge is -2.46. The molecular weight excluding hydrogens is 578 g/mol. The van der Waals surface area contributed by atoms with Gasteiger partial charge in [-0.25, -0.2) is 9.98 Å². The van der Waals surface area contributed by atoms with Crippen molar-refractivity contribution < 1.29 is 18.0 Å². The maximum atomic E-state index is 14.9. The molecule has 1 unspecified atom stereocenters. The number of hydrogen-bond donors (Lipinski definition) is 1. The number of rotatable bonds is 3. The number of amides is 1. The number of thioether (sulfide) groups is 1. The summed E-state index contributed by atoms with van der Waals surface area (Å²) in [5.74, 6) is 1.61. The number of thiophene rings is 1. The summed E-state index contributed by atoms with van der Waals surface area (Å²) >= 11 is 4.08. The number of amidine groups is 1. The third-order valence-electron chi connectivity index (χ3n) is 7.54. The first-order valence-electron chi connectivity index (χ1n) is 12.8. The molecule has 2 N–H and O–H groups in total. The molecule has 0 saturated carbocycles. The van der Waals surface area contributed by atoms with Crippen LogP contribution in [-0.2, 0) is 11.0 Å². The molecule has 3 aliphatic heterocycles. The lowest BCUT2D eigenvalue weighted by molar-refractivity contribution is -0.137. The minimum absolute atomic E-state index is 0.0121. The van der Waals surface area contributed by atoms with Gasteiger partial charge in [0.2, 0.25) is 5.91 Å². The smallest absolute Gasteiger partial charge is 0.375 e. The lowest BCUT2D eigenvalue weighted by Crippen LogP contribution is -2.52. The number of thiazole rings is 1. The number of hydrogen-bond acceptors (Lipinski definition) is 9. The molecule has 3 aromatic rings. The fourth-order valence-electron chi connectivity index (χ4n) is 5.57. The highest BCUT2D eigenvalue weighted by Crippen LogP contribution is 2.55. The van der Waals surface area contributed by atoms with E-state index in [0.717, 1.165) is 4.01 Å². The Bertz CT molecular complexity index is 1580. The lowest BCUT2D eigenvalue weighted by atomic mass is 9.92. The first kappa shape index (κ1) is 27.2. The van der Waals surface area contributed by atoms with E-state index in [1.165, 1.54) is 46.6 Å². The number of fused-ring (bicyclic) bond motifs is 1. The number of piperazine rings is 1. The monoisotopic (exact) mass is 604 g/mol. The van der Waals surface area contributed by atoms with E-state index in [2.05, 4.69) is 32.0 Å². The Balaban J connectivity index is 1.57. The SMILES string of the molecule is C=CC(=O)N1CCN(C2=NC(=C)N3c4c2cc(C(F)(F)F)c(-c2csc5sc(N)nc25)c4SCC3C(C)C)CC1. The second-order valence-corrected chi connectivity index (χ2v) is 13.4. The highest BCUT2D eigenvalue weighted by atomic mass is 32.2. The highest BCUT2D eigenvalue weighted by Gasteiger charge is 2.44. The number of nitrogens with zero attached hydrogens (tertiary/aromatic N) is 5. The van der Waals surface area contributed by atoms with Crippen LogP contribution in [0.3, 0.4) is 0 Å². The molecule has 1 amide bonds. The Hall–Kier alpha value is -3.03. The standard InChI is InChI=1S/C27H27F3N6OS3/c1-5-19(37)34-6-8-35(9-7-34)24-15-10-17(27(28,29)30)20(16-11-39-25-21(16)33-26(31)40-25)23-22(15)36(14(4)32-24)18(12-38-23)13(2)3/h5,10-11,13,18H,1,4,6-9,12H2,2-3H3,(H2,31,33). The second-order valence-electron chi connectivity index (χ2n) is 10.2. The third kappa shape index (κ3) is 4.29. The molecule has 1 atom stereocenters. The molecular formula is C27H27F3N6OS3. The molecule has 1 fully saturated rings. The maximum Gasteiger partial charge on any atom is 0.417 e. The van der Waals surface area contributed by atoms with Gasteiger partial charge in [-0.3, -0.25) is 4.79 Å². The number of nitrogen functional groups attached to an aromatic ring is 1. The highest BCUT2D eigenvalue weighted by molar-refractivity contribution is 7.99. The molecule has 40 heavy (non-hydrogen) atoms. The fourth-order valence-corrected chi connectivity index (χ4v) is 9.05. The molecule has 3 aliphatic rings. The van der Waals surface area contributed by atoms with Crippen molar-refractivity contribution in [1.82, 2.24) is 14.8 Å². The molecule has 1 saturated heterocycles. The molecule has 6 rings (SSSR count). The third-order valence-corrected chi connectivity index (χ3v) is 10.7. The summed E-state index contributed by atoms with van der Waals surface area (Å²) in [5, 5.41) is 2.08. The predicted molar refractivity (Wildman–Crippen MR) is 158 cm³/mol. The summed E-state index contributed by atoms with van der Waals surface area (Å²) in [6.45, 7) is 13.8. The molecule has 13 heteroatoms.